The highest BCUT2D eigenvalue weighted by molar-refractivity contribution is 5.80. The second-order valence-corrected chi connectivity index (χ2v) is 4.09. The second kappa shape index (κ2) is 2.40. The van der Waals surface area contributed by atoms with Crippen molar-refractivity contribution in [2.24, 2.45) is 10.7 Å². The van der Waals surface area contributed by atoms with Gasteiger partial charge in [-0.3, -0.25) is 4.99 Å². The minimum Gasteiger partial charge on any atom is -0.370 e. The summed E-state index contributed by atoms with van der Waals surface area (Å²) in [6.07, 6.45) is 0. The Bertz CT molecular complexity index is 178. The van der Waals surface area contributed by atoms with Gasteiger partial charge in [0, 0.05) is 11.6 Å². The van der Waals surface area contributed by atoms with Crippen LogP contribution in [0, 0.1) is 0 Å². The molecule has 64 valence electrons. The molecule has 1 rings (SSSR count). The van der Waals surface area contributed by atoms with Crippen molar-refractivity contribution in [2.75, 3.05) is 6.54 Å². The van der Waals surface area contributed by atoms with E-state index in [4.69, 9.17) is 5.73 Å². The van der Waals surface area contributed by atoms with Gasteiger partial charge >= 0.3 is 0 Å². The van der Waals surface area contributed by atoms with Crippen LogP contribution in [0.25, 0.3) is 0 Å². The Kier molecular flexibility index (Phi) is 1.82. The fraction of sp³-hybridized carbons (Fsp3) is 0.875. The highest BCUT2D eigenvalue weighted by atomic mass is 15.4. The van der Waals surface area contributed by atoms with E-state index in [1.54, 1.807) is 0 Å². The van der Waals surface area contributed by atoms with Crippen LogP contribution < -0.4 is 5.73 Å². The van der Waals surface area contributed by atoms with Gasteiger partial charge in [0.25, 0.3) is 0 Å². The number of aliphatic imine (C=N–C) groups is 1. The van der Waals surface area contributed by atoms with Gasteiger partial charge in [-0.15, -0.1) is 0 Å². The number of nitrogens with zero attached hydrogens (tertiary/aromatic N) is 2. The van der Waals surface area contributed by atoms with Gasteiger partial charge in [-0.1, -0.05) is 0 Å². The number of nitrogens with two attached hydrogens (primary N) is 1. The quantitative estimate of drug-likeness (QED) is 0.562. The SMILES string of the molecule is CC1CN=C(N)N1C(C)(C)C. The molecule has 3 heteroatoms. The summed E-state index contributed by atoms with van der Waals surface area (Å²) >= 11 is 0. The predicted molar refractivity (Wildman–Crippen MR) is 47.5 cm³/mol. The maximum atomic E-state index is 5.73. The molecule has 1 aliphatic rings. The lowest BCUT2D eigenvalue weighted by molar-refractivity contribution is 0.203. The Balaban J connectivity index is 2.78. The summed E-state index contributed by atoms with van der Waals surface area (Å²) in [6.45, 7) is 9.43. The predicted octanol–water partition coefficient (Wildman–Crippen LogP) is 0.804. The fourth-order valence-corrected chi connectivity index (χ4v) is 1.61. The summed E-state index contributed by atoms with van der Waals surface area (Å²) in [4.78, 5) is 6.35. The molecule has 1 unspecified atom stereocenters. The molecule has 0 fully saturated rings. The third kappa shape index (κ3) is 1.47. The van der Waals surface area contributed by atoms with E-state index in [1.165, 1.54) is 0 Å². The monoisotopic (exact) mass is 155 g/mol. The van der Waals surface area contributed by atoms with Crippen molar-refractivity contribution in [3.8, 4) is 0 Å². The number of rotatable bonds is 0. The number of hydrogen-bond acceptors (Lipinski definition) is 3. The topological polar surface area (TPSA) is 41.6 Å². The number of hydrogen-bond donors (Lipinski definition) is 1. The summed E-state index contributed by atoms with van der Waals surface area (Å²) in [6, 6.07) is 0.454. The maximum absolute atomic E-state index is 5.73. The third-order valence-electron chi connectivity index (χ3n) is 1.93. The molecule has 0 saturated heterocycles. The van der Waals surface area contributed by atoms with Crippen molar-refractivity contribution in [3.63, 3.8) is 0 Å². The summed E-state index contributed by atoms with van der Waals surface area (Å²) in [5, 5.41) is 0. The van der Waals surface area contributed by atoms with E-state index < -0.39 is 0 Å². The van der Waals surface area contributed by atoms with Gasteiger partial charge in [0.15, 0.2) is 5.96 Å². The standard InChI is InChI=1S/C8H17N3/c1-6-5-10-7(9)11(6)8(2,3)4/h6H,5H2,1-4H3,(H2,9,10). The lowest BCUT2D eigenvalue weighted by Gasteiger charge is -2.36. The number of guanidine groups is 1. The van der Waals surface area contributed by atoms with Crippen LogP contribution >= 0.6 is 0 Å². The van der Waals surface area contributed by atoms with Crippen molar-refractivity contribution in [2.45, 2.75) is 39.3 Å². The molecule has 0 aliphatic carbocycles. The zero-order valence-corrected chi connectivity index (χ0v) is 7.76. The van der Waals surface area contributed by atoms with Crippen LogP contribution in [0.2, 0.25) is 0 Å². The maximum Gasteiger partial charge on any atom is 0.192 e. The molecule has 0 aromatic rings. The smallest absolute Gasteiger partial charge is 0.192 e. The summed E-state index contributed by atoms with van der Waals surface area (Å²) in [5.41, 5.74) is 5.83. The van der Waals surface area contributed by atoms with Crippen LogP contribution in [-0.4, -0.2) is 29.0 Å². The molecular formula is C8H17N3. The molecule has 0 amide bonds. The highest BCUT2D eigenvalue weighted by Gasteiger charge is 2.31. The molecular weight excluding hydrogens is 138 g/mol. The van der Waals surface area contributed by atoms with Gasteiger partial charge in [-0.25, -0.2) is 0 Å². The normalized spacial score (nSPS) is 25.6. The molecule has 0 saturated carbocycles. The van der Waals surface area contributed by atoms with E-state index in [-0.39, 0.29) is 5.54 Å². The first-order valence-corrected chi connectivity index (χ1v) is 4.02. The second-order valence-electron chi connectivity index (χ2n) is 4.09. The van der Waals surface area contributed by atoms with Crippen LogP contribution in [0.3, 0.4) is 0 Å². The Hall–Kier alpha value is -0.730. The Morgan fingerprint density at radius 2 is 2.09 bits per heavy atom. The van der Waals surface area contributed by atoms with E-state index in [0.717, 1.165) is 6.54 Å². The van der Waals surface area contributed by atoms with Gasteiger partial charge in [0.1, 0.15) is 0 Å². The molecule has 0 bridgehead atoms. The summed E-state index contributed by atoms with van der Waals surface area (Å²) < 4.78 is 0. The van der Waals surface area contributed by atoms with Gasteiger partial charge in [-0.2, -0.15) is 0 Å². The molecule has 1 atom stereocenters. The first-order valence-electron chi connectivity index (χ1n) is 4.02. The van der Waals surface area contributed by atoms with E-state index in [9.17, 15) is 0 Å². The Morgan fingerprint density at radius 1 is 1.55 bits per heavy atom. The van der Waals surface area contributed by atoms with Crippen LogP contribution in [0.5, 0.6) is 0 Å². The molecule has 0 aromatic carbocycles. The zero-order chi connectivity index (χ0) is 8.65. The Morgan fingerprint density at radius 3 is 2.27 bits per heavy atom. The lowest BCUT2D eigenvalue weighted by atomic mass is 10.1. The average Bonchev–Trinajstić information content (AvgIpc) is 2.08. The van der Waals surface area contributed by atoms with Crippen molar-refractivity contribution in [1.82, 2.24) is 4.90 Å². The largest absolute Gasteiger partial charge is 0.370 e. The van der Waals surface area contributed by atoms with Gasteiger partial charge < -0.3 is 10.6 Å². The molecule has 0 aromatic heterocycles. The molecule has 0 radical (unpaired) electrons. The minimum atomic E-state index is 0.101. The van der Waals surface area contributed by atoms with Crippen LogP contribution in [0.15, 0.2) is 4.99 Å². The van der Waals surface area contributed by atoms with Crippen molar-refractivity contribution in [3.05, 3.63) is 0 Å². The summed E-state index contributed by atoms with van der Waals surface area (Å²) in [7, 11) is 0. The van der Waals surface area contributed by atoms with Crippen LogP contribution in [0.1, 0.15) is 27.7 Å². The molecule has 11 heavy (non-hydrogen) atoms. The molecule has 1 aliphatic heterocycles. The van der Waals surface area contributed by atoms with Gasteiger partial charge in [-0.05, 0) is 27.7 Å². The van der Waals surface area contributed by atoms with Gasteiger partial charge in [0.05, 0.1) is 6.54 Å². The third-order valence-corrected chi connectivity index (χ3v) is 1.93. The van der Waals surface area contributed by atoms with E-state index in [2.05, 4.69) is 37.6 Å². The van der Waals surface area contributed by atoms with Crippen molar-refractivity contribution < 1.29 is 0 Å². The van der Waals surface area contributed by atoms with Gasteiger partial charge in [0.2, 0.25) is 0 Å². The van der Waals surface area contributed by atoms with Crippen molar-refractivity contribution >= 4 is 5.96 Å². The zero-order valence-electron chi connectivity index (χ0n) is 7.76. The summed E-state index contributed by atoms with van der Waals surface area (Å²) in [5.74, 6) is 0.685. The lowest BCUT2D eigenvalue weighted by Crippen LogP contribution is -2.50. The van der Waals surface area contributed by atoms with E-state index in [0.29, 0.717) is 12.0 Å². The first kappa shape index (κ1) is 8.37. The van der Waals surface area contributed by atoms with Crippen LogP contribution in [0.4, 0.5) is 0 Å². The van der Waals surface area contributed by atoms with E-state index >= 15 is 0 Å². The Labute approximate surface area is 68.3 Å². The molecule has 3 nitrogen and oxygen atoms in total. The van der Waals surface area contributed by atoms with Crippen molar-refractivity contribution in [1.29, 1.82) is 0 Å². The van der Waals surface area contributed by atoms with E-state index in [1.807, 2.05) is 0 Å². The highest BCUT2D eigenvalue weighted by Crippen LogP contribution is 2.20. The average molecular weight is 155 g/mol. The molecule has 0 spiro atoms. The first-order chi connectivity index (χ1) is 4.93. The minimum absolute atomic E-state index is 0.101. The van der Waals surface area contributed by atoms with Crippen LogP contribution in [-0.2, 0) is 0 Å². The molecule has 1 heterocycles. The fourth-order valence-electron chi connectivity index (χ4n) is 1.61. The molecule has 2 N–H and O–H groups in total.